The highest BCUT2D eigenvalue weighted by atomic mass is 35.5. The Balaban J connectivity index is 3.44. The van der Waals surface area contributed by atoms with E-state index in [-0.39, 0.29) is 10.8 Å². The van der Waals surface area contributed by atoms with Crippen LogP contribution >= 0.6 is 11.6 Å². The molecule has 0 spiro atoms. The first-order valence-electron chi connectivity index (χ1n) is 3.75. The van der Waals surface area contributed by atoms with Gasteiger partial charge in [0.1, 0.15) is 5.75 Å². The molecule has 0 fully saturated rings. The third-order valence-electron chi connectivity index (χ3n) is 1.72. The van der Waals surface area contributed by atoms with Crippen LogP contribution in [-0.4, -0.2) is 7.11 Å². The summed E-state index contributed by atoms with van der Waals surface area (Å²) in [6.07, 6.45) is -4.59. The van der Waals surface area contributed by atoms with Gasteiger partial charge >= 0.3 is 6.18 Å². The minimum absolute atomic E-state index is 0.0259. The van der Waals surface area contributed by atoms with Crippen LogP contribution in [0.3, 0.4) is 0 Å². The Morgan fingerprint density at radius 1 is 1.40 bits per heavy atom. The summed E-state index contributed by atoms with van der Waals surface area (Å²) >= 11 is 5.59. The van der Waals surface area contributed by atoms with Gasteiger partial charge in [-0.3, -0.25) is 0 Å². The number of halogens is 4. The molecule has 6 heteroatoms. The average Bonchev–Trinajstić information content (AvgIpc) is 2.15. The van der Waals surface area contributed by atoms with E-state index in [0.29, 0.717) is 6.07 Å². The molecule has 0 atom stereocenters. The van der Waals surface area contributed by atoms with Crippen molar-refractivity contribution >= 4 is 11.6 Å². The van der Waals surface area contributed by atoms with E-state index in [2.05, 4.69) is 4.74 Å². The molecule has 1 rings (SSSR count). The van der Waals surface area contributed by atoms with Gasteiger partial charge < -0.3 is 4.74 Å². The standard InChI is InChI=1S/C9H5ClF3NO/c1-15-8-3-6(9(11,12)13)5(4-14)2-7(8)10/h2-3H,1H3. The lowest BCUT2D eigenvalue weighted by molar-refractivity contribution is -0.137. The van der Waals surface area contributed by atoms with Crippen molar-refractivity contribution < 1.29 is 17.9 Å². The molecule has 0 aliphatic rings. The summed E-state index contributed by atoms with van der Waals surface area (Å²) in [5, 5.41) is 8.49. The first kappa shape index (κ1) is 11.7. The smallest absolute Gasteiger partial charge is 0.417 e. The number of methoxy groups -OCH3 is 1. The van der Waals surface area contributed by atoms with E-state index in [1.165, 1.54) is 13.2 Å². The van der Waals surface area contributed by atoms with Gasteiger partial charge in [0.25, 0.3) is 0 Å². The molecule has 0 bridgehead atoms. The van der Waals surface area contributed by atoms with Crippen LogP contribution in [0.4, 0.5) is 13.2 Å². The third kappa shape index (κ3) is 2.34. The van der Waals surface area contributed by atoms with Crippen molar-refractivity contribution in [2.24, 2.45) is 0 Å². The second-order valence-corrected chi connectivity index (χ2v) is 3.05. The zero-order valence-electron chi connectivity index (χ0n) is 7.52. The number of ether oxygens (including phenoxy) is 1. The van der Waals surface area contributed by atoms with Crippen LogP contribution in [0.5, 0.6) is 5.75 Å². The first-order chi connectivity index (χ1) is 6.90. The molecule has 1 aromatic carbocycles. The SMILES string of the molecule is COc1cc(C(F)(F)F)c(C#N)cc1Cl. The largest absolute Gasteiger partial charge is 0.495 e. The van der Waals surface area contributed by atoms with Gasteiger partial charge in [-0.1, -0.05) is 11.6 Å². The van der Waals surface area contributed by atoms with Gasteiger partial charge in [0.15, 0.2) is 0 Å². The number of benzene rings is 1. The summed E-state index contributed by atoms with van der Waals surface area (Å²) in [7, 11) is 1.20. The molecule has 0 saturated heterocycles. The predicted octanol–water partition coefficient (Wildman–Crippen LogP) is 3.24. The van der Waals surface area contributed by atoms with Gasteiger partial charge in [-0.15, -0.1) is 0 Å². The molecule has 0 N–H and O–H groups in total. The highest BCUT2D eigenvalue weighted by Crippen LogP contribution is 2.37. The first-order valence-corrected chi connectivity index (χ1v) is 4.12. The van der Waals surface area contributed by atoms with E-state index in [9.17, 15) is 13.2 Å². The highest BCUT2D eigenvalue weighted by molar-refractivity contribution is 6.32. The van der Waals surface area contributed by atoms with Gasteiger partial charge in [-0.05, 0) is 12.1 Å². The van der Waals surface area contributed by atoms with Crippen molar-refractivity contribution in [2.75, 3.05) is 7.11 Å². The van der Waals surface area contributed by atoms with Gasteiger partial charge in [-0.2, -0.15) is 18.4 Å². The minimum atomic E-state index is -4.59. The van der Waals surface area contributed by atoms with Gasteiger partial charge in [-0.25, -0.2) is 0 Å². The molecule has 0 saturated carbocycles. The van der Waals surface area contributed by atoms with Crippen LogP contribution in [-0.2, 0) is 6.18 Å². The second kappa shape index (κ2) is 3.99. The zero-order chi connectivity index (χ0) is 11.6. The number of nitriles is 1. The molecular formula is C9H5ClF3NO. The molecule has 0 amide bonds. The van der Waals surface area contributed by atoms with Gasteiger partial charge in [0.2, 0.25) is 0 Å². The summed E-state index contributed by atoms with van der Waals surface area (Å²) in [5.41, 5.74) is -1.57. The molecule has 0 unspecified atom stereocenters. The lowest BCUT2D eigenvalue weighted by atomic mass is 10.1. The zero-order valence-corrected chi connectivity index (χ0v) is 8.28. The lowest BCUT2D eigenvalue weighted by Crippen LogP contribution is -2.08. The summed E-state index contributed by atoms with van der Waals surface area (Å²) in [5.74, 6) is -0.108. The van der Waals surface area contributed by atoms with E-state index in [4.69, 9.17) is 16.9 Å². The second-order valence-electron chi connectivity index (χ2n) is 2.64. The van der Waals surface area contributed by atoms with Crippen LogP contribution < -0.4 is 4.74 Å². The Morgan fingerprint density at radius 2 is 2.00 bits per heavy atom. The molecule has 0 radical (unpaired) electrons. The number of alkyl halides is 3. The van der Waals surface area contributed by atoms with E-state index in [1.807, 2.05) is 0 Å². The monoisotopic (exact) mass is 235 g/mol. The van der Waals surface area contributed by atoms with E-state index in [1.54, 1.807) is 0 Å². The van der Waals surface area contributed by atoms with Crippen LogP contribution in [0.25, 0.3) is 0 Å². The Labute approximate surface area is 88.8 Å². The van der Waals surface area contributed by atoms with Gasteiger partial charge in [0, 0.05) is 0 Å². The lowest BCUT2D eigenvalue weighted by Gasteiger charge is -2.11. The molecule has 0 aromatic heterocycles. The van der Waals surface area contributed by atoms with Crippen LogP contribution in [0, 0.1) is 11.3 Å². The van der Waals surface area contributed by atoms with Crippen molar-refractivity contribution in [2.45, 2.75) is 6.18 Å². The number of rotatable bonds is 1. The Morgan fingerprint density at radius 3 is 2.40 bits per heavy atom. The normalized spacial score (nSPS) is 10.9. The Hall–Kier alpha value is -1.41. The quantitative estimate of drug-likeness (QED) is 0.749. The molecule has 0 aliphatic carbocycles. The highest BCUT2D eigenvalue weighted by Gasteiger charge is 2.34. The molecule has 2 nitrogen and oxygen atoms in total. The Kier molecular flexibility index (Phi) is 3.10. The number of hydrogen-bond acceptors (Lipinski definition) is 2. The predicted molar refractivity (Wildman–Crippen MR) is 47.7 cm³/mol. The van der Waals surface area contributed by atoms with Crippen LogP contribution in [0.15, 0.2) is 12.1 Å². The van der Waals surface area contributed by atoms with Crippen LogP contribution in [0.1, 0.15) is 11.1 Å². The molecule has 15 heavy (non-hydrogen) atoms. The van der Waals surface area contributed by atoms with Gasteiger partial charge in [0.05, 0.1) is 29.3 Å². The van der Waals surface area contributed by atoms with Crippen molar-refractivity contribution in [3.63, 3.8) is 0 Å². The third-order valence-corrected chi connectivity index (χ3v) is 2.01. The molecule has 0 heterocycles. The van der Waals surface area contributed by atoms with Crippen molar-refractivity contribution in [3.05, 3.63) is 28.3 Å². The maximum Gasteiger partial charge on any atom is 0.417 e. The molecule has 80 valence electrons. The average molecular weight is 236 g/mol. The van der Waals surface area contributed by atoms with E-state index < -0.39 is 17.3 Å². The number of nitrogens with zero attached hydrogens (tertiary/aromatic N) is 1. The topological polar surface area (TPSA) is 33.0 Å². The Bertz CT molecular complexity index is 423. The summed E-state index contributed by atoms with van der Waals surface area (Å²) in [6, 6.07) is 3.08. The van der Waals surface area contributed by atoms with Crippen molar-refractivity contribution in [1.29, 1.82) is 5.26 Å². The van der Waals surface area contributed by atoms with E-state index in [0.717, 1.165) is 6.07 Å². The summed E-state index contributed by atoms with van der Waals surface area (Å²) < 4.78 is 41.9. The summed E-state index contributed by atoms with van der Waals surface area (Å²) in [6.45, 7) is 0. The summed E-state index contributed by atoms with van der Waals surface area (Å²) in [4.78, 5) is 0. The molecular weight excluding hydrogens is 231 g/mol. The maximum atomic E-state index is 12.4. The fourth-order valence-electron chi connectivity index (χ4n) is 1.04. The fraction of sp³-hybridized carbons (Fsp3) is 0.222. The van der Waals surface area contributed by atoms with Crippen molar-refractivity contribution in [3.8, 4) is 11.8 Å². The number of hydrogen-bond donors (Lipinski definition) is 0. The minimum Gasteiger partial charge on any atom is -0.495 e. The molecule has 0 aliphatic heterocycles. The maximum absolute atomic E-state index is 12.4. The molecule has 1 aromatic rings. The van der Waals surface area contributed by atoms with E-state index >= 15 is 0 Å². The van der Waals surface area contributed by atoms with Crippen molar-refractivity contribution in [1.82, 2.24) is 0 Å². The fourth-order valence-corrected chi connectivity index (χ4v) is 1.28. The van der Waals surface area contributed by atoms with Crippen LogP contribution in [0.2, 0.25) is 5.02 Å².